The summed E-state index contributed by atoms with van der Waals surface area (Å²) in [5.74, 6) is -0.167. The van der Waals surface area contributed by atoms with E-state index in [9.17, 15) is 9.90 Å². The van der Waals surface area contributed by atoms with E-state index in [4.69, 9.17) is 5.11 Å². The molecule has 0 aromatic carbocycles. The fourth-order valence-corrected chi connectivity index (χ4v) is 2.96. The maximum Gasteiger partial charge on any atom is 0.232 e. The zero-order chi connectivity index (χ0) is 15.2. The number of rotatable bonds is 7. The number of aliphatic hydroxyl groups excluding tert-OH is 2. The van der Waals surface area contributed by atoms with Crippen LogP contribution in [-0.2, 0) is 11.2 Å². The Morgan fingerprint density at radius 3 is 3.00 bits per heavy atom. The van der Waals surface area contributed by atoms with Gasteiger partial charge in [-0.2, -0.15) is 0 Å². The number of hydrogen-bond acceptors (Lipinski definition) is 8. The molecule has 0 bridgehead atoms. The Morgan fingerprint density at radius 2 is 2.33 bits per heavy atom. The van der Waals surface area contributed by atoms with Crippen molar-refractivity contribution in [2.24, 2.45) is 0 Å². The number of nitrogens with one attached hydrogen (secondary N) is 1. The molecular formula is C12H16N4O3S2. The SMILES string of the molecule is CN(CC(O)CO)c1nc(CC(=O)Nc2nccs2)cs1. The maximum absolute atomic E-state index is 11.8. The number of aliphatic hydroxyl groups is 2. The molecule has 0 radical (unpaired) electrons. The van der Waals surface area contributed by atoms with Gasteiger partial charge in [0.25, 0.3) is 0 Å². The Kier molecular flexibility index (Phi) is 5.62. The van der Waals surface area contributed by atoms with Crippen molar-refractivity contribution in [3.8, 4) is 0 Å². The fourth-order valence-electron chi connectivity index (χ4n) is 1.62. The van der Waals surface area contributed by atoms with Crippen molar-refractivity contribution in [3.05, 3.63) is 22.7 Å². The van der Waals surface area contributed by atoms with Gasteiger partial charge < -0.3 is 20.4 Å². The van der Waals surface area contributed by atoms with Crippen LogP contribution in [0.3, 0.4) is 0 Å². The molecule has 0 spiro atoms. The lowest BCUT2D eigenvalue weighted by Gasteiger charge is -2.18. The topological polar surface area (TPSA) is 98.6 Å². The van der Waals surface area contributed by atoms with Crippen LogP contribution in [0.1, 0.15) is 5.69 Å². The number of carbonyl (C=O) groups is 1. The fraction of sp³-hybridized carbons (Fsp3) is 0.417. The predicted molar refractivity (Wildman–Crippen MR) is 82.9 cm³/mol. The second kappa shape index (κ2) is 7.46. The summed E-state index contributed by atoms with van der Waals surface area (Å²) in [4.78, 5) is 21.9. The van der Waals surface area contributed by atoms with Crippen molar-refractivity contribution >= 4 is 38.8 Å². The summed E-state index contributed by atoms with van der Waals surface area (Å²) in [5.41, 5.74) is 0.661. The molecular weight excluding hydrogens is 312 g/mol. The summed E-state index contributed by atoms with van der Waals surface area (Å²) < 4.78 is 0. The number of amides is 1. The number of carbonyl (C=O) groups excluding carboxylic acids is 1. The van der Waals surface area contributed by atoms with E-state index in [2.05, 4.69) is 15.3 Å². The molecule has 2 aromatic heterocycles. The third-order valence-electron chi connectivity index (χ3n) is 2.58. The average Bonchev–Trinajstić information content (AvgIpc) is 3.10. The van der Waals surface area contributed by atoms with Crippen molar-refractivity contribution in [1.29, 1.82) is 0 Å². The molecule has 2 rings (SSSR count). The monoisotopic (exact) mass is 328 g/mol. The van der Waals surface area contributed by atoms with Crippen molar-refractivity contribution in [2.45, 2.75) is 12.5 Å². The molecule has 1 amide bonds. The van der Waals surface area contributed by atoms with E-state index in [1.165, 1.54) is 22.7 Å². The largest absolute Gasteiger partial charge is 0.394 e. The molecule has 114 valence electrons. The first-order valence-corrected chi connectivity index (χ1v) is 7.98. The highest BCUT2D eigenvalue weighted by atomic mass is 32.1. The molecule has 2 heterocycles. The van der Waals surface area contributed by atoms with E-state index in [1.54, 1.807) is 28.9 Å². The van der Waals surface area contributed by atoms with Crippen molar-refractivity contribution in [3.63, 3.8) is 0 Å². The van der Waals surface area contributed by atoms with Gasteiger partial charge in [-0.25, -0.2) is 9.97 Å². The summed E-state index contributed by atoms with van der Waals surface area (Å²) >= 11 is 2.75. The average molecular weight is 328 g/mol. The molecule has 7 nitrogen and oxygen atoms in total. The summed E-state index contributed by atoms with van der Waals surface area (Å²) in [6.45, 7) is -0.00639. The van der Waals surface area contributed by atoms with Crippen LogP contribution >= 0.6 is 22.7 Å². The summed E-state index contributed by atoms with van der Waals surface area (Å²) in [6, 6.07) is 0. The van der Waals surface area contributed by atoms with Crippen molar-refractivity contribution in [2.75, 3.05) is 30.4 Å². The van der Waals surface area contributed by atoms with E-state index in [0.29, 0.717) is 16.0 Å². The Labute approximate surface area is 129 Å². The van der Waals surface area contributed by atoms with Gasteiger partial charge in [-0.1, -0.05) is 0 Å². The normalized spacial score (nSPS) is 12.1. The minimum atomic E-state index is -0.810. The highest BCUT2D eigenvalue weighted by molar-refractivity contribution is 7.14. The second-order valence-corrected chi connectivity index (χ2v) is 6.13. The quantitative estimate of drug-likeness (QED) is 0.687. The molecule has 0 saturated carbocycles. The zero-order valence-electron chi connectivity index (χ0n) is 11.4. The number of nitrogens with zero attached hydrogens (tertiary/aromatic N) is 3. The van der Waals surface area contributed by atoms with Crippen LogP contribution in [-0.4, -0.2) is 52.4 Å². The highest BCUT2D eigenvalue weighted by Gasteiger charge is 2.13. The Morgan fingerprint density at radius 1 is 1.52 bits per heavy atom. The molecule has 0 aliphatic carbocycles. The van der Waals surface area contributed by atoms with Gasteiger partial charge in [0.15, 0.2) is 10.3 Å². The minimum absolute atomic E-state index is 0.167. The third-order valence-corrected chi connectivity index (χ3v) is 4.27. The number of thiazole rings is 2. The summed E-state index contributed by atoms with van der Waals surface area (Å²) in [7, 11) is 1.77. The van der Waals surface area contributed by atoms with E-state index < -0.39 is 6.10 Å². The van der Waals surface area contributed by atoms with Crippen LogP contribution in [0.5, 0.6) is 0 Å². The standard InChI is InChI=1S/C12H16N4O3S2/c1-16(5-9(18)6-17)12-14-8(7-21-12)4-10(19)15-11-13-2-3-20-11/h2-3,7,9,17-18H,4-6H2,1H3,(H,13,15,19). The molecule has 2 aromatic rings. The van der Waals surface area contributed by atoms with E-state index in [-0.39, 0.29) is 25.5 Å². The lowest BCUT2D eigenvalue weighted by Crippen LogP contribution is -2.31. The molecule has 1 atom stereocenters. The van der Waals surface area contributed by atoms with Gasteiger partial charge in [-0.3, -0.25) is 4.79 Å². The van der Waals surface area contributed by atoms with Crippen molar-refractivity contribution < 1.29 is 15.0 Å². The van der Waals surface area contributed by atoms with Gasteiger partial charge in [0, 0.05) is 30.5 Å². The summed E-state index contributed by atoms with van der Waals surface area (Å²) in [5, 5.41) is 25.8. The van der Waals surface area contributed by atoms with E-state index >= 15 is 0 Å². The molecule has 0 fully saturated rings. The zero-order valence-corrected chi connectivity index (χ0v) is 13.0. The Bertz CT molecular complexity index is 573. The maximum atomic E-state index is 11.8. The molecule has 21 heavy (non-hydrogen) atoms. The van der Waals surface area contributed by atoms with Crippen LogP contribution < -0.4 is 10.2 Å². The Hall–Kier alpha value is -1.55. The predicted octanol–water partition coefficient (Wildman–Crippen LogP) is 0.570. The third kappa shape index (κ3) is 4.74. The smallest absolute Gasteiger partial charge is 0.232 e. The highest BCUT2D eigenvalue weighted by Crippen LogP contribution is 2.20. The Balaban J connectivity index is 1.89. The van der Waals surface area contributed by atoms with Crippen LogP contribution in [0.25, 0.3) is 0 Å². The van der Waals surface area contributed by atoms with Gasteiger partial charge in [0.05, 0.1) is 24.8 Å². The molecule has 3 N–H and O–H groups in total. The number of aromatic nitrogens is 2. The second-order valence-electron chi connectivity index (χ2n) is 4.40. The molecule has 0 aliphatic heterocycles. The minimum Gasteiger partial charge on any atom is -0.394 e. The van der Waals surface area contributed by atoms with Gasteiger partial charge >= 0.3 is 0 Å². The molecule has 0 saturated heterocycles. The van der Waals surface area contributed by atoms with Gasteiger partial charge in [0.2, 0.25) is 5.91 Å². The lowest BCUT2D eigenvalue weighted by atomic mass is 10.3. The first-order chi connectivity index (χ1) is 10.1. The van der Waals surface area contributed by atoms with Crippen LogP contribution in [0.15, 0.2) is 17.0 Å². The first kappa shape index (κ1) is 15.8. The van der Waals surface area contributed by atoms with Gasteiger partial charge in [-0.05, 0) is 0 Å². The molecule has 9 heteroatoms. The number of anilines is 2. The van der Waals surface area contributed by atoms with Gasteiger partial charge in [-0.15, -0.1) is 22.7 Å². The summed E-state index contributed by atoms with van der Waals surface area (Å²) in [6.07, 6.45) is 0.991. The molecule has 1 unspecified atom stereocenters. The van der Waals surface area contributed by atoms with E-state index in [1.807, 2.05) is 0 Å². The van der Waals surface area contributed by atoms with Crippen molar-refractivity contribution in [1.82, 2.24) is 9.97 Å². The number of hydrogen-bond donors (Lipinski definition) is 3. The number of likely N-dealkylation sites (N-methyl/N-ethyl adjacent to an activating group) is 1. The van der Waals surface area contributed by atoms with Crippen LogP contribution in [0.2, 0.25) is 0 Å². The van der Waals surface area contributed by atoms with E-state index in [0.717, 1.165) is 0 Å². The van der Waals surface area contributed by atoms with Gasteiger partial charge in [0.1, 0.15) is 0 Å². The van der Waals surface area contributed by atoms with Crippen LogP contribution in [0.4, 0.5) is 10.3 Å². The molecule has 0 aliphatic rings. The first-order valence-electron chi connectivity index (χ1n) is 6.22. The van der Waals surface area contributed by atoms with Crippen LogP contribution in [0, 0.1) is 0 Å². The lowest BCUT2D eigenvalue weighted by molar-refractivity contribution is -0.115.